The van der Waals surface area contributed by atoms with Crippen LogP contribution < -0.4 is 5.32 Å². The number of methoxy groups -OCH3 is 1. The smallest absolute Gasteiger partial charge is 0.194 e. The third-order valence-electron chi connectivity index (χ3n) is 5.07. The fourth-order valence-corrected chi connectivity index (χ4v) is 4.77. The van der Waals surface area contributed by atoms with Gasteiger partial charge in [-0.05, 0) is 43.1 Å². The summed E-state index contributed by atoms with van der Waals surface area (Å²) >= 11 is 2.04. The average molecular weight is 297 g/mol. The number of fused-ring (bicyclic) bond motifs is 1. The zero-order valence-electron chi connectivity index (χ0n) is 12.7. The molecule has 2 atom stereocenters. The molecule has 114 valence electrons. The van der Waals surface area contributed by atoms with Gasteiger partial charge in [0, 0.05) is 20.2 Å². The summed E-state index contributed by atoms with van der Waals surface area (Å²) in [5.74, 6) is 4.34. The topological polar surface area (TPSA) is 36.9 Å². The molecule has 2 fully saturated rings. The average Bonchev–Trinajstić information content (AvgIpc) is 2.88. The quantitative estimate of drug-likeness (QED) is 0.864. The molecular formula is C15H27N3OS. The summed E-state index contributed by atoms with van der Waals surface area (Å²) in [5.41, 5.74) is 0.0211. The Morgan fingerprint density at radius 1 is 1.40 bits per heavy atom. The van der Waals surface area contributed by atoms with Crippen molar-refractivity contribution in [1.82, 2.24) is 10.2 Å². The first-order valence-corrected chi connectivity index (χ1v) is 9.06. The molecule has 5 heteroatoms. The van der Waals surface area contributed by atoms with Crippen LogP contribution in [0.15, 0.2) is 4.99 Å². The summed E-state index contributed by atoms with van der Waals surface area (Å²) in [6, 6.07) is 0.647. The first kappa shape index (κ1) is 14.5. The Kier molecular flexibility index (Phi) is 4.46. The number of piperidine rings is 1. The molecule has 3 aliphatic rings. The second-order valence-corrected chi connectivity index (χ2v) is 7.73. The number of hydrogen-bond donors (Lipinski definition) is 1. The highest BCUT2D eigenvalue weighted by Crippen LogP contribution is 2.30. The summed E-state index contributed by atoms with van der Waals surface area (Å²) in [6.45, 7) is 5.39. The van der Waals surface area contributed by atoms with Crippen molar-refractivity contribution in [3.05, 3.63) is 0 Å². The molecule has 1 N–H and O–H groups in total. The number of nitrogens with zero attached hydrogens (tertiary/aromatic N) is 2. The van der Waals surface area contributed by atoms with Gasteiger partial charge in [-0.3, -0.25) is 4.99 Å². The van der Waals surface area contributed by atoms with Crippen LogP contribution in [0.4, 0.5) is 0 Å². The van der Waals surface area contributed by atoms with Gasteiger partial charge in [0.2, 0.25) is 0 Å². The van der Waals surface area contributed by atoms with Crippen LogP contribution in [0.5, 0.6) is 0 Å². The number of nitrogens with one attached hydrogen (secondary N) is 1. The number of ether oxygens (including phenoxy) is 1. The van der Waals surface area contributed by atoms with E-state index in [1.807, 2.05) is 18.9 Å². The number of hydrogen-bond acceptors (Lipinski definition) is 5. The highest BCUT2D eigenvalue weighted by atomic mass is 32.2. The molecule has 0 aromatic heterocycles. The van der Waals surface area contributed by atoms with Gasteiger partial charge in [-0.2, -0.15) is 11.8 Å². The van der Waals surface area contributed by atoms with Crippen molar-refractivity contribution >= 4 is 17.7 Å². The maximum atomic E-state index is 5.85. The minimum Gasteiger partial charge on any atom is -0.376 e. The second kappa shape index (κ2) is 6.14. The minimum atomic E-state index is 0.0211. The van der Waals surface area contributed by atoms with E-state index in [1.165, 1.54) is 24.3 Å². The Hall–Kier alpha value is -0.420. The van der Waals surface area contributed by atoms with E-state index in [4.69, 9.17) is 9.73 Å². The largest absolute Gasteiger partial charge is 0.376 e. The van der Waals surface area contributed by atoms with Gasteiger partial charge in [0.15, 0.2) is 5.96 Å². The SMILES string of the molecule is COC1(CNC2=NCC3CCC(C)CN23)CCSCC1. The van der Waals surface area contributed by atoms with Crippen LogP contribution in [-0.2, 0) is 4.74 Å². The van der Waals surface area contributed by atoms with Crippen LogP contribution in [0.2, 0.25) is 0 Å². The van der Waals surface area contributed by atoms with E-state index in [1.54, 1.807) is 0 Å². The van der Waals surface area contributed by atoms with Gasteiger partial charge in [0.1, 0.15) is 0 Å². The lowest BCUT2D eigenvalue weighted by atomic mass is 9.95. The molecule has 0 spiro atoms. The first-order chi connectivity index (χ1) is 9.72. The molecule has 0 bridgehead atoms. The lowest BCUT2D eigenvalue weighted by Crippen LogP contribution is -2.53. The van der Waals surface area contributed by atoms with Crippen LogP contribution >= 0.6 is 11.8 Å². The summed E-state index contributed by atoms with van der Waals surface area (Å²) in [5, 5.41) is 3.60. The maximum absolute atomic E-state index is 5.85. The van der Waals surface area contributed by atoms with E-state index in [0.29, 0.717) is 6.04 Å². The minimum absolute atomic E-state index is 0.0211. The number of guanidine groups is 1. The first-order valence-electron chi connectivity index (χ1n) is 7.90. The second-order valence-electron chi connectivity index (χ2n) is 6.51. The molecule has 0 aliphatic carbocycles. The van der Waals surface area contributed by atoms with Crippen molar-refractivity contribution in [2.24, 2.45) is 10.9 Å². The van der Waals surface area contributed by atoms with E-state index < -0.39 is 0 Å². The standard InChI is InChI=1S/C15H27N3OS/c1-12-3-4-13-9-16-14(18(13)10-12)17-11-15(19-2)5-7-20-8-6-15/h12-13H,3-11H2,1-2H3,(H,16,17). The third kappa shape index (κ3) is 2.93. The highest BCUT2D eigenvalue weighted by molar-refractivity contribution is 7.99. The Bertz CT molecular complexity index is 368. The Morgan fingerprint density at radius 2 is 2.20 bits per heavy atom. The number of rotatable bonds is 3. The van der Waals surface area contributed by atoms with Gasteiger partial charge >= 0.3 is 0 Å². The monoisotopic (exact) mass is 297 g/mol. The van der Waals surface area contributed by atoms with Gasteiger partial charge in [0.25, 0.3) is 0 Å². The predicted molar refractivity (Wildman–Crippen MR) is 85.5 cm³/mol. The molecule has 2 unspecified atom stereocenters. The van der Waals surface area contributed by atoms with Crippen LogP contribution in [0.1, 0.15) is 32.6 Å². The number of thioether (sulfide) groups is 1. The lowest BCUT2D eigenvalue weighted by Gasteiger charge is -2.39. The van der Waals surface area contributed by atoms with Crippen LogP contribution in [0.3, 0.4) is 0 Å². The maximum Gasteiger partial charge on any atom is 0.194 e. The van der Waals surface area contributed by atoms with Crippen molar-refractivity contribution in [3.63, 3.8) is 0 Å². The lowest BCUT2D eigenvalue weighted by molar-refractivity contribution is -0.0131. The van der Waals surface area contributed by atoms with Crippen LogP contribution in [-0.4, -0.2) is 60.8 Å². The van der Waals surface area contributed by atoms with Crippen molar-refractivity contribution in [3.8, 4) is 0 Å². The summed E-state index contributed by atoms with van der Waals surface area (Å²) < 4.78 is 5.85. The van der Waals surface area contributed by atoms with E-state index in [-0.39, 0.29) is 5.60 Å². The zero-order valence-corrected chi connectivity index (χ0v) is 13.5. The van der Waals surface area contributed by atoms with Crippen LogP contribution in [0.25, 0.3) is 0 Å². The van der Waals surface area contributed by atoms with Crippen molar-refractivity contribution < 1.29 is 4.74 Å². The summed E-state index contributed by atoms with van der Waals surface area (Å²) in [7, 11) is 1.86. The van der Waals surface area contributed by atoms with E-state index >= 15 is 0 Å². The molecular weight excluding hydrogens is 270 g/mol. The highest BCUT2D eigenvalue weighted by Gasteiger charge is 2.36. The molecule has 0 amide bonds. The summed E-state index contributed by atoms with van der Waals surface area (Å²) in [6.07, 6.45) is 4.94. The molecule has 4 nitrogen and oxygen atoms in total. The van der Waals surface area contributed by atoms with Gasteiger partial charge in [-0.1, -0.05) is 6.92 Å². The molecule has 2 saturated heterocycles. The van der Waals surface area contributed by atoms with Crippen LogP contribution in [0, 0.1) is 5.92 Å². The Balaban J connectivity index is 1.57. The molecule has 0 saturated carbocycles. The molecule has 0 aromatic rings. The van der Waals surface area contributed by atoms with Gasteiger partial charge in [0.05, 0.1) is 18.2 Å². The third-order valence-corrected chi connectivity index (χ3v) is 6.06. The molecule has 3 heterocycles. The van der Waals surface area contributed by atoms with Crippen molar-refractivity contribution in [1.29, 1.82) is 0 Å². The van der Waals surface area contributed by atoms with E-state index in [0.717, 1.165) is 44.4 Å². The molecule has 20 heavy (non-hydrogen) atoms. The van der Waals surface area contributed by atoms with Gasteiger partial charge in [-0.25, -0.2) is 0 Å². The fourth-order valence-electron chi connectivity index (χ4n) is 3.53. The molecule has 3 aliphatic heterocycles. The van der Waals surface area contributed by atoms with Gasteiger partial charge < -0.3 is 15.0 Å². The van der Waals surface area contributed by atoms with Gasteiger partial charge in [-0.15, -0.1) is 0 Å². The van der Waals surface area contributed by atoms with Crippen molar-refractivity contribution in [2.45, 2.75) is 44.2 Å². The Labute approximate surface area is 126 Å². The molecule has 3 rings (SSSR count). The van der Waals surface area contributed by atoms with E-state index in [9.17, 15) is 0 Å². The fraction of sp³-hybridized carbons (Fsp3) is 0.933. The normalized spacial score (nSPS) is 32.7. The molecule has 0 aromatic carbocycles. The Morgan fingerprint density at radius 3 is 2.95 bits per heavy atom. The van der Waals surface area contributed by atoms with E-state index in [2.05, 4.69) is 17.1 Å². The number of aliphatic imine (C=N–C) groups is 1. The molecule has 0 radical (unpaired) electrons. The predicted octanol–water partition coefficient (Wildman–Crippen LogP) is 1.96. The van der Waals surface area contributed by atoms with Crippen molar-refractivity contribution in [2.75, 3.05) is 38.2 Å². The zero-order chi connectivity index (χ0) is 14.0. The summed E-state index contributed by atoms with van der Waals surface area (Å²) in [4.78, 5) is 7.23.